The monoisotopic (exact) mass is 338 g/mol. The summed E-state index contributed by atoms with van der Waals surface area (Å²) < 4.78 is 8.41. The maximum atomic E-state index is 5.75. The minimum Gasteiger partial charge on any atom is -0.484 e. The molecule has 0 amide bonds. The molecular formula is C14H19BrN4O. The van der Waals surface area contributed by atoms with Crippen LogP contribution in [0.1, 0.15) is 24.7 Å². The summed E-state index contributed by atoms with van der Waals surface area (Å²) in [4.78, 5) is 4.13. The van der Waals surface area contributed by atoms with Gasteiger partial charge in [0.05, 0.1) is 4.47 Å². The molecule has 2 rings (SSSR count). The van der Waals surface area contributed by atoms with Gasteiger partial charge in [0.15, 0.2) is 5.82 Å². The molecule has 0 aliphatic rings. The number of ether oxygens (including phenoxy) is 1. The molecule has 0 fully saturated rings. The van der Waals surface area contributed by atoms with Gasteiger partial charge >= 0.3 is 0 Å². The van der Waals surface area contributed by atoms with E-state index in [0.717, 1.165) is 35.6 Å². The SMILES string of the molecule is CCCNCc1ccc(OCc2ncnn2C)c(Br)c1. The molecule has 1 aromatic heterocycles. The second kappa shape index (κ2) is 7.40. The van der Waals surface area contributed by atoms with E-state index >= 15 is 0 Å². The van der Waals surface area contributed by atoms with Gasteiger partial charge in [0.2, 0.25) is 0 Å². The van der Waals surface area contributed by atoms with E-state index < -0.39 is 0 Å². The molecule has 0 bridgehead atoms. The van der Waals surface area contributed by atoms with Gasteiger partial charge in [-0.2, -0.15) is 5.10 Å². The third kappa shape index (κ3) is 4.05. The van der Waals surface area contributed by atoms with Crippen LogP contribution < -0.4 is 10.1 Å². The molecule has 20 heavy (non-hydrogen) atoms. The van der Waals surface area contributed by atoms with Crippen molar-refractivity contribution < 1.29 is 4.74 Å². The molecule has 108 valence electrons. The molecule has 0 saturated carbocycles. The Labute approximate surface area is 127 Å². The smallest absolute Gasteiger partial charge is 0.164 e. The van der Waals surface area contributed by atoms with Gasteiger partial charge in [0.1, 0.15) is 18.7 Å². The number of aryl methyl sites for hydroxylation is 1. The number of hydrogen-bond donors (Lipinski definition) is 1. The zero-order chi connectivity index (χ0) is 14.4. The molecule has 0 radical (unpaired) electrons. The van der Waals surface area contributed by atoms with Crippen LogP contribution in [0.25, 0.3) is 0 Å². The Kier molecular flexibility index (Phi) is 5.55. The molecule has 0 aliphatic carbocycles. The normalized spacial score (nSPS) is 10.8. The number of nitrogens with zero attached hydrogens (tertiary/aromatic N) is 3. The average molecular weight is 339 g/mol. The Hall–Kier alpha value is -1.40. The van der Waals surface area contributed by atoms with Gasteiger partial charge in [0, 0.05) is 13.6 Å². The Balaban J connectivity index is 1.94. The molecule has 1 aromatic carbocycles. The van der Waals surface area contributed by atoms with Crippen molar-refractivity contribution in [2.24, 2.45) is 7.05 Å². The highest BCUT2D eigenvalue weighted by Crippen LogP contribution is 2.26. The molecule has 0 atom stereocenters. The standard InChI is InChI=1S/C14H19BrN4O/c1-3-6-16-8-11-4-5-13(12(15)7-11)20-9-14-17-10-18-19(14)2/h4-5,7,10,16H,3,6,8-9H2,1-2H3. The summed E-state index contributed by atoms with van der Waals surface area (Å²) in [6.45, 7) is 4.47. The highest BCUT2D eigenvalue weighted by atomic mass is 79.9. The lowest BCUT2D eigenvalue weighted by Crippen LogP contribution is -2.13. The molecule has 1 N–H and O–H groups in total. The quantitative estimate of drug-likeness (QED) is 0.788. The maximum Gasteiger partial charge on any atom is 0.164 e. The number of halogens is 1. The summed E-state index contributed by atoms with van der Waals surface area (Å²) in [5.74, 6) is 1.61. The summed E-state index contributed by atoms with van der Waals surface area (Å²) >= 11 is 3.54. The largest absolute Gasteiger partial charge is 0.484 e. The summed E-state index contributed by atoms with van der Waals surface area (Å²) in [5.41, 5.74) is 1.23. The second-order valence-electron chi connectivity index (χ2n) is 4.53. The number of aromatic nitrogens is 3. The summed E-state index contributed by atoms with van der Waals surface area (Å²) in [6, 6.07) is 6.12. The fraction of sp³-hybridized carbons (Fsp3) is 0.429. The van der Waals surface area contributed by atoms with Gasteiger partial charge in [-0.25, -0.2) is 4.98 Å². The molecule has 1 heterocycles. The van der Waals surface area contributed by atoms with Crippen molar-refractivity contribution in [3.8, 4) is 5.75 Å². The van der Waals surface area contributed by atoms with Crippen molar-refractivity contribution in [1.29, 1.82) is 0 Å². The van der Waals surface area contributed by atoms with Crippen LogP contribution in [0, 0.1) is 0 Å². The van der Waals surface area contributed by atoms with E-state index in [2.05, 4.69) is 50.4 Å². The molecule has 0 aliphatic heterocycles. The third-order valence-electron chi connectivity index (χ3n) is 2.91. The van der Waals surface area contributed by atoms with Crippen molar-refractivity contribution in [2.75, 3.05) is 6.54 Å². The first-order chi connectivity index (χ1) is 9.70. The zero-order valence-corrected chi connectivity index (χ0v) is 13.4. The third-order valence-corrected chi connectivity index (χ3v) is 3.53. The maximum absolute atomic E-state index is 5.75. The lowest BCUT2D eigenvalue weighted by molar-refractivity contribution is 0.288. The van der Waals surface area contributed by atoms with Crippen LogP contribution in [0.3, 0.4) is 0 Å². The Bertz CT molecular complexity index is 556. The topological polar surface area (TPSA) is 52.0 Å². The van der Waals surface area contributed by atoms with Crippen molar-refractivity contribution in [3.05, 3.63) is 40.4 Å². The van der Waals surface area contributed by atoms with E-state index in [9.17, 15) is 0 Å². The molecule has 6 heteroatoms. The van der Waals surface area contributed by atoms with Crippen LogP contribution in [-0.2, 0) is 20.2 Å². The fourth-order valence-electron chi connectivity index (χ4n) is 1.77. The van der Waals surface area contributed by atoms with Crippen molar-refractivity contribution in [1.82, 2.24) is 20.1 Å². The molecule has 2 aromatic rings. The van der Waals surface area contributed by atoms with Crippen molar-refractivity contribution in [3.63, 3.8) is 0 Å². The Morgan fingerprint density at radius 3 is 2.90 bits per heavy atom. The van der Waals surface area contributed by atoms with Gasteiger partial charge in [-0.05, 0) is 46.6 Å². The molecular weight excluding hydrogens is 320 g/mol. The van der Waals surface area contributed by atoms with E-state index in [0.29, 0.717) is 6.61 Å². The van der Waals surface area contributed by atoms with Crippen LogP contribution in [0.15, 0.2) is 29.0 Å². The molecule has 0 saturated heterocycles. The highest BCUT2D eigenvalue weighted by Gasteiger charge is 2.06. The van der Waals surface area contributed by atoms with Crippen LogP contribution in [0.2, 0.25) is 0 Å². The predicted molar refractivity (Wildman–Crippen MR) is 81.5 cm³/mol. The van der Waals surface area contributed by atoms with Gasteiger partial charge in [0.25, 0.3) is 0 Å². The van der Waals surface area contributed by atoms with Crippen molar-refractivity contribution >= 4 is 15.9 Å². The molecule has 0 spiro atoms. The summed E-state index contributed by atoms with van der Waals surface area (Å²) in [6.07, 6.45) is 2.66. The molecule has 0 unspecified atom stereocenters. The van der Waals surface area contributed by atoms with Gasteiger partial charge in [-0.3, -0.25) is 4.68 Å². The first-order valence-corrected chi connectivity index (χ1v) is 7.44. The van der Waals surface area contributed by atoms with Crippen LogP contribution in [0.4, 0.5) is 0 Å². The summed E-state index contributed by atoms with van der Waals surface area (Å²) in [7, 11) is 1.85. The number of rotatable bonds is 7. The number of nitrogens with one attached hydrogen (secondary N) is 1. The first-order valence-electron chi connectivity index (χ1n) is 6.65. The highest BCUT2D eigenvalue weighted by molar-refractivity contribution is 9.10. The van der Waals surface area contributed by atoms with Crippen LogP contribution >= 0.6 is 15.9 Å². The Morgan fingerprint density at radius 1 is 1.40 bits per heavy atom. The van der Waals surface area contributed by atoms with Gasteiger partial charge in [-0.1, -0.05) is 13.0 Å². The minimum absolute atomic E-state index is 0.405. The van der Waals surface area contributed by atoms with E-state index in [4.69, 9.17) is 4.74 Å². The van der Waals surface area contributed by atoms with Gasteiger partial charge < -0.3 is 10.1 Å². The predicted octanol–water partition coefficient (Wildman–Crippen LogP) is 2.66. The van der Waals surface area contributed by atoms with E-state index in [1.54, 1.807) is 4.68 Å². The van der Waals surface area contributed by atoms with Crippen molar-refractivity contribution in [2.45, 2.75) is 26.5 Å². The number of hydrogen-bond acceptors (Lipinski definition) is 4. The fourth-order valence-corrected chi connectivity index (χ4v) is 2.31. The van der Waals surface area contributed by atoms with Gasteiger partial charge in [-0.15, -0.1) is 0 Å². The van der Waals surface area contributed by atoms with E-state index in [1.165, 1.54) is 11.9 Å². The Morgan fingerprint density at radius 2 is 2.25 bits per heavy atom. The molecule has 5 nitrogen and oxygen atoms in total. The second-order valence-corrected chi connectivity index (χ2v) is 5.38. The lowest BCUT2D eigenvalue weighted by Gasteiger charge is -2.10. The van der Waals surface area contributed by atoms with E-state index in [1.807, 2.05) is 13.1 Å². The minimum atomic E-state index is 0.405. The number of benzene rings is 1. The average Bonchev–Trinajstić information content (AvgIpc) is 2.84. The van der Waals surface area contributed by atoms with E-state index in [-0.39, 0.29) is 0 Å². The zero-order valence-electron chi connectivity index (χ0n) is 11.8. The summed E-state index contributed by atoms with van der Waals surface area (Å²) in [5, 5.41) is 7.39. The van der Waals surface area contributed by atoms with Crippen LogP contribution in [0.5, 0.6) is 5.75 Å². The van der Waals surface area contributed by atoms with Crippen LogP contribution in [-0.4, -0.2) is 21.3 Å². The first kappa shape index (κ1) is 15.0. The lowest BCUT2D eigenvalue weighted by atomic mass is 10.2.